The van der Waals surface area contributed by atoms with E-state index in [-0.39, 0.29) is 5.97 Å². The van der Waals surface area contributed by atoms with Crippen molar-refractivity contribution in [2.24, 2.45) is 5.41 Å². The first-order chi connectivity index (χ1) is 9.22. The third kappa shape index (κ3) is 2.32. The van der Waals surface area contributed by atoms with Crippen LogP contribution in [0, 0.1) is 5.41 Å². The fourth-order valence-electron chi connectivity index (χ4n) is 3.02. The van der Waals surface area contributed by atoms with Crippen molar-refractivity contribution in [3.8, 4) is 0 Å². The van der Waals surface area contributed by atoms with Crippen LogP contribution in [-0.2, 0) is 4.74 Å². The van der Waals surface area contributed by atoms with Crippen LogP contribution in [0.5, 0.6) is 0 Å². The average Bonchev–Trinajstić information content (AvgIpc) is 2.45. The summed E-state index contributed by atoms with van der Waals surface area (Å²) >= 11 is 0. The lowest BCUT2D eigenvalue weighted by molar-refractivity contribution is 0.0600. The predicted molar refractivity (Wildman–Crippen MR) is 74.5 cm³/mol. The number of carbonyl (C=O) groups excluding carboxylic acids is 1. The number of rotatable bonds is 2. The first-order valence-electron chi connectivity index (χ1n) is 6.87. The number of nitrogens with zero attached hydrogens (tertiary/aromatic N) is 1. The highest BCUT2D eigenvalue weighted by Gasteiger charge is 2.39. The molecule has 0 saturated carbocycles. The van der Waals surface area contributed by atoms with Gasteiger partial charge in [0.15, 0.2) is 0 Å². The van der Waals surface area contributed by atoms with Crippen LogP contribution < -0.4 is 10.2 Å². The molecule has 4 nitrogen and oxygen atoms in total. The van der Waals surface area contributed by atoms with Crippen LogP contribution >= 0.6 is 0 Å². The van der Waals surface area contributed by atoms with Gasteiger partial charge in [-0.2, -0.15) is 0 Å². The topological polar surface area (TPSA) is 41.6 Å². The summed E-state index contributed by atoms with van der Waals surface area (Å²) in [6.45, 7) is 4.49. The second-order valence-corrected chi connectivity index (χ2v) is 5.63. The zero-order chi connectivity index (χ0) is 13.3. The van der Waals surface area contributed by atoms with Crippen LogP contribution in [0.15, 0.2) is 24.3 Å². The molecule has 2 saturated heterocycles. The lowest BCUT2D eigenvalue weighted by atomic mass is 9.73. The van der Waals surface area contributed by atoms with Crippen molar-refractivity contribution in [1.29, 1.82) is 0 Å². The maximum Gasteiger partial charge on any atom is 0.337 e. The molecule has 1 aromatic carbocycles. The first-order valence-corrected chi connectivity index (χ1v) is 6.87. The Kier molecular flexibility index (Phi) is 3.19. The van der Waals surface area contributed by atoms with Crippen molar-refractivity contribution in [3.05, 3.63) is 29.8 Å². The Labute approximate surface area is 113 Å². The molecule has 2 heterocycles. The Morgan fingerprint density at radius 1 is 1.32 bits per heavy atom. The summed E-state index contributed by atoms with van der Waals surface area (Å²) in [5, 5.41) is 3.38. The lowest BCUT2D eigenvalue weighted by Gasteiger charge is -2.49. The number of methoxy groups -OCH3 is 1. The van der Waals surface area contributed by atoms with E-state index in [1.807, 2.05) is 12.1 Å². The smallest absolute Gasteiger partial charge is 0.337 e. The van der Waals surface area contributed by atoms with Crippen LogP contribution in [-0.4, -0.2) is 39.3 Å². The molecule has 4 heteroatoms. The minimum Gasteiger partial charge on any atom is -0.465 e. The van der Waals surface area contributed by atoms with Gasteiger partial charge in [0.1, 0.15) is 0 Å². The summed E-state index contributed by atoms with van der Waals surface area (Å²) in [4.78, 5) is 13.9. The van der Waals surface area contributed by atoms with E-state index in [0.29, 0.717) is 11.0 Å². The second-order valence-electron chi connectivity index (χ2n) is 5.63. The molecule has 1 aromatic rings. The van der Waals surface area contributed by atoms with Crippen LogP contribution in [0.2, 0.25) is 0 Å². The average molecular weight is 260 g/mol. The fraction of sp³-hybridized carbons (Fsp3) is 0.533. The van der Waals surface area contributed by atoms with E-state index in [9.17, 15) is 4.79 Å². The number of nitrogens with one attached hydrogen (secondary N) is 1. The van der Waals surface area contributed by atoms with Gasteiger partial charge in [-0.25, -0.2) is 4.79 Å². The Bertz CT molecular complexity index is 473. The Balaban J connectivity index is 1.71. The van der Waals surface area contributed by atoms with Crippen LogP contribution in [0.4, 0.5) is 5.69 Å². The quantitative estimate of drug-likeness (QED) is 0.821. The van der Waals surface area contributed by atoms with Gasteiger partial charge in [-0.3, -0.25) is 0 Å². The summed E-state index contributed by atoms with van der Waals surface area (Å²) < 4.78 is 4.77. The number of piperidine rings is 1. The molecular formula is C15H20N2O2. The molecule has 0 aromatic heterocycles. The van der Waals surface area contributed by atoms with Crippen LogP contribution in [0.1, 0.15) is 23.2 Å². The third-order valence-corrected chi connectivity index (χ3v) is 4.46. The molecule has 1 spiro atoms. The van der Waals surface area contributed by atoms with Crippen LogP contribution in [0.25, 0.3) is 0 Å². The highest BCUT2D eigenvalue weighted by atomic mass is 16.5. The SMILES string of the molecule is COC(=O)c1cccc(N2CCC3(CC2)CNC3)c1. The number of carbonyl (C=O) groups is 1. The summed E-state index contributed by atoms with van der Waals surface area (Å²) in [7, 11) is 1.42. The summed E-state index contributed by atoms with van der Waals surface area (Å²) in [5.41, 5.74) is 2.31. The zero-order valence-electron chi connectivity index (χ0n) is 11.3. The van der Waals surface area contributed by atoms with E-state index in [4.69, 9.17) is 4.74 Å². The zero-order valence-corrected chi connectivity index (χ0v) is 11.3. The van der Waals surface area contributed by atoms with Crippen LogP contribution in [0.3, 0.4) is 0 Å². The molecule has 2 aliphatic rings. The van der Waals surface area contributed by atoms with Gasteiger partial charge in [0, 0.05) is 31.9 Å². The van der Waals surface area contributed by atoms with Gasteiger partial charge in [-0.05, 0) is 36.5 Å². The van der Waals surface area contributed by atoms with E-state index < -0.39 is 0 Å². The molecule has 0 aliphatic carbocycles. The van der Waals surface area contributed by atoms with E-state index in [1.54, 1.807) is 6.07 Å². The van der Waals surface area contributed by atoms with Crippen molar-refractivity contribution in [3.63, 3.8) is 0 Å². The van der Waals surface area contributed by atoms with Crippen molar-refractivity contribution in [1.82, 2.24) is 5.32 Å². The molecule has 0 radical (unpaired) electrons. The van der Waals surface area contributed by atoms with Crippen molar-refractivity contribution in [2.75, 3.05) is 38.2 Å². The third-order valence-electron chi connectivity index (χ3n) is 4.46. The molecule has 2 fully saturated rings. The number of benzene rings is 1. The molecule has 19 heavy (non-hydrogen) atoms. The number of hydrogen-bond donors (Lipinski definition) is 1. The first kappa shape index (κ1) is 12.5. The van der Waals surface area contributed by atoms with E-state index in [2.05, 4.69) is 16.3 Å². The minimum absolute atomic E-state index is 0.265. The minimum atomic E-state index is -0.265. The Morgan fingerprint density at radius 2 is 2.05 bits per heavy atom. The molecule has 1 N–H and O–H groups in total. The molecule has 0 bridgehead atoms. The molecule has 3 rings (SSSR count). The van der Waals surface area contributed by atoms with E-state index in [1.165, 1.54) is 33.0 Å². The van der Waals surface area contributed by atoms with Gasteiger partial charge < -0.3 is 15.0 Å². The van der Waals surface area contributed by atoms with Gasteiger partial charge >= 0.3 is 5.97 Å². The highest BCUT2D eigenvalue weighted by molar-refractivity contribution is 5.90. The van der Waals surface area contributed by atoms with Gasteiger partial charge in [0.2, 0.25) is 0 Å². The summed E-state index contributed by atoms with van der Waals surface area (Å²) in [5.74, 6) is -0.265. The molecule has 2 aliphatic heterocycles. The fourth-order valence-corrected chi connectivity index (χ4v) is 3.02. The van der Waals surface area contributed by atoms with Gasteiger partial charge in [0.25, 0.3) is 0 Å². The Hall–Kier alpha value is -1.55. The molecule has 0 unspecified atom stereocenters. The molecule has 102 valence electrons. The number of ether oxygens (including phenoxy) is 1. The summed E-state index contributed by atoms with van der Waals surface area (Å²) in [6, 6.07) is 7.74. The predicted octanol–water partition coefficient (Wildman–Crippen LogP) is 1.66. The van der Waals surface area contributed by atoms with Gasteiger partial charge in [-0.15, -0.1) is 0 Å². The second kappa shape index (κ2) is 4.85. The number of hydrogen-bond acceptors (Lipinski definition) is 4. The largest absolute Gasteiger partial charge is 0.465 e. The normalized spacial score (nSPS) is 21.0. The standard InChI is InChI=1S/C15H20N2O2/c1-19-14(18)12-3-2-4-13(9-12)17-7-5-15(6-8-17)10-16-11-15/h2-4,9,16H,5-8,10-11H2,1H3. The summed E-state index contributed by atoms with van der Waals surface area (Å²) in [6.07, 6.45) is 2.48. The van der Waals surface area contributed by atoms with Gasteiger partial charge in [0.05, 0.1) is 12.7 Å². The van der Waals surface area contributed by atoms with Crippen molar-refractivity contribution in [2.45, 2.75) is 12.8 Å². The molecular weight excluding hydrogens is 240 g/mol. The maximum absolute atomic E-state index is 11.6. The monoisotopic (exact) mass is 260 g/mol. The van der Waals surface area contributed by atoms with E-state index >= 15 is 0 Å². The highest BCUT2D eigenvalue weighted by Crippen LogP contribution is 2.36. The van der Waals surface area contributed by atoms with Crippen molar-refractivity contribution < 1.29 is 9.53 Å². The number of esters is 1. The molecule has 0 amide bonds. The number of anilines is 1. The van der Waals surface area contributed by atoms with Crippen molar-refractivity contribution >= 4 is 11.7 Å². The van der Waals surface area contributed by atoms with E-state index in [0.717, 1.165) is 18.8 Å². The van der Waals surface area contributed by atoms with Gasteiger partial charge in [-0.1, -0.05) is 6.07 Å². The lowest BCUT2D eigenvalue weighted by Crippen LogP contribution is -2.58. The molecule has 0 atom stereocenters. The maximum atomic E-state index is 11.6. The Morgan fingerprint density at radius 3 is 2.63 bits per heavy atom.